The van der Waals surface area contributed by atoms with E-state index in [0.717, 1.165) is 12.1 Å². The van der Waals surface area contributed by atoms with Crippen LogP contribution in [-0.4, -0.2) is 21.6 Å². The minimum Gasteiger partial charge on any atom is -0.480 e. The van der Waals surface area contributed by atoms with E-state index in [4.69, 9.17) is 5.11 Å². The van der Waals surface area contributed by atoms with Crippen LogP contribution in [0.2, 0.25) is 0 Å². The quantitative estimate of drug-likeness (QED) is 0.812. The molecule has 1 aromatic rings. The van der Waals surface area contributed by atoms with Crippen molar-refractivity contribution in [3.8, 4) is 0 Å². The van der Waals surface area contributed by atoms with E-state index in [1.54, 1.807) is 6.92 Å². The fourth-order valence-corrected chi connectivity index (χ4v) is 1.98. The highest BCUT2D eigenvalue weighted by atomic mass is 32.1. The number of anilines is 1. The van der Waals surface area contributed by atoms with Gasteiger partial charge in [-0.3, -0.25) is 0 Å². The number of hydrogen-bond acceptors (Lipinski definition) is 4. The van der Waals surface area contributed by atoms with Crippen molar-refractivity contribution in [2.24, 2.45) is 0 Å². The molecule has 1 heterocycles. The van der Waals surface area contributed by atoms with Crippen molar-refractivity contribution >= 4 is 22.4 Å². The highest BCUT2D eigenvalue weighted by molar-refractivity contribution is 7.13. The topological polar surface area (TPSA) is 62.2 Å². The molecule has 0 amide bonds. The van der Waals surface area contributed by atoms with Crippen molar-refractivity contribution in [2.45, 2.75) is 39.2 Å². The average Bonchev–Trinajstić information content (AvgIpc) is 2.65. The van der Waals surface area contributed by atoms with E-state index in [1.807, 2.05) is 19.2 Å². The molecule has 0 fully saturated rings. The normalized spacial score (nSPS) is 14.6. The Kier molecular flexibility index (Phi) is 3.68. The Morgan fingerprint density at radius 1 is 1.67 bits per heavy atom. The molecule has 0 aliphatic carbocycles. The van der Waals surface area contributed by atoms with Crippen LogP contribution in [0.1, 0.15) is 32.9 Å². The maximum Gasteiger partial charge on any atom is 0.329 e. The van der Waals surface area contributed by atoms with E-state index in [1.165, 1.54) is 11.3 Å². The lowest BCUT2D eigenvalue weighted by Crippen LogP contribution is -2.42. The van der Waals surface area contributed by atoms with Gasteiger partial charge in [0.1, 0.15) is 5.54 Å². The molecule has 1 rings (SSSR count). The first-order valence-corrected chi connectivity index (χ1v) is 5.85. The van der Waals surface area contributed by atoms with Gasteiger partial charge in [-0.15, -0.1) is 11.3 Å². The second kappa shape index (κ2) is 4.61. The summed E-state index contributed by atoms with van der Waals surface area (Å²) in [5.74, 6) is -0.849. The number of rotatable bonds is 5. The molecule has 0 aliphatic rings. The number of carboxylic acids is 1. The first kappa shape index (κ1) is 12.0. The van der Waals surface area contributed by atoms with Gasteiger partial charge in [0.2, 0.25) is 0 Å². The SMILES string of the molecule is CCc1csc(NC(C)(CC)C(=O)O)n1. The smallest absolute Gasteiger partial charge is 0.329 e. The zero-order chi connectivity index (χ0) is 11.5. The number of nitrogens with zero attached hydrogens (tertiary/aromatic N) is 1. The van der Waals surface area contributed by atoms with Crippen LogP contribution >= 0.6 is 11.3 Å². The summed E-state index contributed by atoms with van der Waals surface area (Å²) < 4.78 is 0. The third-order valence-electron chi connectivity index (χ3n) is 2.48. The Morgan fingerprint density at radius 2 is 2.33 bits per heavy atom. The monoisotopic (exact) mass is 228 g/mol. The van der Waals surface area contributed by atoms with Crippen molar-refractivity contribution in [2.75, 3.05) is 5.32 Å². The molecule has 0 saturated heterocycles. The molecule has 84 valence electrons. The zero-order valence-corrected chi connectivity index (χ0v) is 10.0. The Bertz CT molecular complexity index is 351. The molecule has 0 aliphatic heterocycles. The molecule has 15 heavy (non-hydrogen) atoms. The van der Waals surface area contributed by atoms with Gasteiger partial charge in [-0.2, -0.15) is 0 Å². The lowest BCUT2D eigenvalue weighted by Gasteiger charge is -2.23. The number of aliphatic carboxylic acids is 1. The van der Waals surface area contributed by atoms with Gasteiger partial charge >= 0.3 is 5.97 Å². The highest BCUT2D eigenvalue weighted by Gasteiger charge is 2.31. The molecule has 5 heteroatoms. The van der Waals surface area contributed by atoms with Crippen LogP contribution in [0.4, 0.5) is 5.13 Å². The minimum atomic E-state index is -0.928. The van der Waals surface area contributed by atoms with Crippen LogP contribution in [0.3, 0.4) is 0 Å². The van der Waals surface area contributed by atoms with Gasteiger partial charge in [0.25, 0.3) is 0 Å². The largest absolute Gasteiger partial charge is 0.480 e. The van der Waals surface area contributed by atoms with Crippen LogP contribution < -0.4 is 5.32 Å². The van der Waals surface area contributed by atoms with E-state index in [-0.39, 0.29) is 0 Å². The van der Waals surface area contributed by atoms with Crippen LogP contribution in [0.15, 0.2) is 5.38 Å². The van der Waals surface area contributed by atoms with E-state index in [2.05, 4.69) is 10.3 Å². The molecule has 1 unspecified atom stereocenters. The number of nitrogens with one attached hydrogen (secondary N) is 1. The standard InChI is InChI=1S/C10H16N2O2S/c1-4-7-6-15-9(11-7)12-10(3,5-2)8(13)14/h6H,4-5H2,1-3H3,(H,11,12)(H,13,14). The van der Waals surface area contributed by atoms with E-state index < -0.39 is 11.5 Å². The molecule has 0 bridgehead atoms. The molecule has 0 aromatic carbocycles. The third-order valence-corrected chi connectivity index (χ3v) is 3.28. The van der Waals surface area contributed by atoms with Crippen LogP contribution in [0.25, 0.3) is 0 Å². The van der Waals surface area contributed by atoms with Gasteiger partial charge < -0.3 is 10.4 Å². The fraction of sp³-hybridized carbons (Fsp3) is 0.600. The van der Waals surface area contributed by atoms with Crippen molar-refractivity contribution in [3.63, 3.8) is 0 Å². The van der Waals surface area contributed by atoms with Crippen molar-refractivity contribution in [3.05, 3.63) is 11.1 Å². The number of aryl methyl sites for hydroxylation is 1. The Hall–Kier alpha value is -1.10. The second-order valence-electron chi connectivity index (χ2n) is 3.61. The summed E-state index contributed by atoms with van der Waals surface area (Å²) in [5, 5.41) is 14.7. The molecular formula is C10H16N2O2S. The van der Waals surface area contributed by atoms with Crippen molar-refractivity contribution in [1.29, 1.82) is 0 Å². The van der Waals surface area contributed by atoms with Crippen molar-refractivity contribution < 1.29 is 9.90 Å². The summed E-state index contributed by atoms with van der Waals surface area (Å²) in [4.78, 5) is 15.3. The van der Waals surface area contributed by atoms with Crippen molar-refractivity contribution in [1.82, 2.24) is 4.98 Å². The van der Waals surface area contributed by atoms with Gasteiger partial charge in [0, 0.05) is 5.38 Å². The predicted octanol–water partition coefficient (Wildman–Crippen LogP) is 2.37. The van der Waals surface area contributed by atoms with E-state index in [9.17, 15) is 4.79 Å². The molecule has 1 aromatic heterocycles. The molecule has 1 atom stereocenters. The minimum absolute atomic E-state index is 0.517. The summed E-state index contributed by atoms with van der Waals surface area (Å²) in [7, 11) is 0. The third kappa shape index (κ3) is 2.68. The maximum absolute atomic E-state index is 11.0. The molecular weight excluding hydrogens is 212 g/mol. The van der Waals surface area contributed by atoms with Crippen LogP contribution in [0.5, 0.6) is 0 Å². The lowest BCUT2D eigenvalue weighted by molar-refractivity contribution is -0.141. The van der Waals surface area contributed by atoms with Gasteiger partial charge in [0.15, 0.2) is 5.13 Å². The number of carboxylic acid groups (broad SMARTS) is 1. The van der Waals surface area contributed by atoms with Gasteiger partial charge in [-0.25, -0.2) is 9.78 Å². The molecule has 0 saturated carbocycles. The van der Waals surface area contributed by atoms with E-state index >= 15 is 0 Å². The zero-order valence-electron chi connectivity index (χ0n) is 9.20. The second-order valence-corrected chi connectivity index (χ2v) is 4.47. The lowest BCUT2D eigenvalue weighted by atomic mass is 10.00. The van der Waals surface area contributed by atoms with Gasteiger partial charge in [-0.05, 0) is 19.8 Å². The van der Waals surface area contributed by atoms with Crippen LogP contribution in [-0.2, 0) is 11.2 Å². The molecule has 0 spiro atoms. The molecule has 2 N–H and O–H groups in total. The predicted molar refractivity (Wildman–Crippen MR) is 61.4 cm³/mol. The average molecular weight is 228 g/mol. The van der Waals surface area contributed by atoms with Crippen LogP contribution in [0, 0.1) is 0 Å². The number of aromatic nitrogens is 1. The summed E-state index contributed by atoms with van der Waals surface area (Å²) in [6, 6.07) is 0. The summed E-state index contributed by atoms with van der Waals surface area (Å²) in [6.45, 7) is 5.53. The Balaban J connectivity index is 2.79. The molecule has 0 radical (unpaired) electrons. The van der Waals surface area contributed by atoms with E-state index in [0.29, 0.717) is 11.6 Å². The van der Waals surface area contributed by atoms with Gasteiger partial charge in [-0.1, -0.05) is 13.8 Å². The Morgan fingerprint density at radius 3 is 2.73 bits per heavy atom. The first-order chi connectivity index (χ1) is 7.01. The van der Waals surface area contributed by atoms with Gasteiger partial charge in [0.05, 0.1) is 5.69 Å². The summed E-state index contributed by atoms with van der Waals surface area (Å²) in [5.41, 5.74) is 0.0643. The Labute approximate surface area is 93.4 Å². The summed E-state index contributed by atoms with van der Waals surface area (Å²) >= 11 is 1.45. The number of carbonyl (C=O) groups is 1. The highest BCUT2D eigenvalue weighted by Crippen LogP contribution is 2.22. The number of thiazole rings is 1. The fourth-order valence-electron chi connectivity index (χ4n) is 1.06. The first-order valence-electron chi connectivity index (χ1n) is 4.97. The molecule has 4 nitrogen and oxygen atoms in total. The maximum atomic E-state index is 11.0. The summed E-state index contributed by atoms with van der Waals surface area (Å²) in [6.07, 6.45) is 1.39. The number of hydrogen-bond donors (Lipinski definition) is 2.